The summed E-state index contributed by atoms with van der Waals surface area (Å²) in [5.74, 6) is 1.76. The van der Waals surface area contributed by atoms with Crippen LogP contribution >= 0.6 is 0 Å². The van der Waals surface area contributed by atoms with Gasteiger partial charge in [-0.05, 0) is 36.6 Å². The van der Waals surface area contributed by atoms with Crippen LogP contribution in [0.3, 0.4) is 0 Å². The number of hydrogen-bond acceptors (Lipinski definition) is 1. The number of rotatable bonds is 1. The van der Waals surface area contributed by atoms with Gasteiger partial charge < -0.3 is 0 Å². The van der Waals surface area contributed by atoms with Gasteiger partial charge in [-0.25, -0.2) is 0 Å². The topological polar surface area (TPSA) is 48.8 Å². The smallest absolute Gasteiger partial charge is 0.0379 e. The third-order valence-corrected chi connectivity index (χ3v) is 3.08. The van der Waals surface area contributed by atoms with Crippen LogP contribution in [0.5, 0.6) is 0 Å². The molecule has 0 heterocycles. The van der Waals surface area contributed by atoms with Gasteiger partial charge >= 0.3 is 0 Å². The summed E-state index contributed by atoms with van der Waals surface area (Å²) in [6.45, 7) is 0. The Balaban J connectivity index is 2.02. The molecule has 0 aromatic carbocycles. The Morgan fingerprint density at radius 3 is 2.27 bits per heavy atom. The Morgan fingerprint density at radius 2 is 1.73 bits per heavy atom. The van der Waals surface area contributed by atoms with Crippen LogP contribution in [-0.2, 0) is 0 Å². The van der Waals surface area contributed by atoms with E-state index in [0.29, 0.717) is 6.04 Å². The van der Waals surface area contributed by atoms with Crippen molar-refractivity contribution in [2.24, 2.45) is 17.0 Å². The highest BCUT2D eigenvalue weighted by Crippen LogP contribution is 2.42. The molecule has 2 fully saturated rings. The first kappa shape index (κ1) is 6.99. The van der Waals surface area contributed by atoms with Crippen molar-refractivity contribution < 1.29 is 0 Å². The number of nitrogens with zero attached hydrogens (tertiary/aromatic N) is 3. The van der Waals surface area contributed by atoms with E-state index in [1.807, 2.05) is 0 Å². The molecule has 0 spiro atoms. The van der Waals surface area contributed by atoms with E-state index >= 15 is 0 Å². The van der Waals surface area contributed by atoms with Crippen LogP contribution < -0.4 is 0 Å². The standard InChI is InChI=1S/C8H13N3/c9-11-10-8-4-6-1-2-7(3-6)5-8/h6-8H,1-5H2/t6-,7+,8+. The summed E-state index contributed by atoms with van der Waals surface area (Å²) in [6, 6.07) is 0.325. The van der Waals surface area contributed by atoms with Gasteiger partial charge in [-0.15, -0.1) is 0 Å². The molecular formula is C8H13N3. The van der Waals surface area contributed by atoms with E-state index in [0.717, 1.165) is 24.7 Å². The largest absolute Gasteiger partial charge is 0.0906 e. The first-order chi connectivity index (χ1) is 5.38. The molecule has 0 N–H and O–H groups in total. The normalized spacial score (nSPS) is 41.6. The third-order valence-electron chi connectivity index (χ3n) is 3.08. The number of fused-ring (bicyclic) bond motifs is 2. The molecule has 3 nitrogen and oxygen atoms in total. The van der Waals surface area contributed by atoms with Crippen LogP contribution in [0.25, 0.3) is 10.4 Å². The molecule has 3 heteroatoms. The average molecular weight is 151 g/mol. The minimum absolute atomic E-state index is 0.325. The van der Waals surface area contributed by atoms with Gasteiger partial charge in [0.1, 0.15) is 0 Å². The fourth-order valence-electron chi connectivity index (χ4n) is 2.64. The summed E-state index contributed by atoms with van der Waals surface area (Å²) in [5, 5.41) is 3.80. The minimum Gasteiger partial charge on any atom is -0.0906 e. The Hall–Kier alpha value is -0.690. The molecule has 2 saturated carbocycles. The first-order valence-electron chi connectivity index (χ1n) is 4.42. The van der Waals surface area contributed by atoms with Crippen LogP contribution in [0.4, 0.5) is 0 Å². The van der Waals surface area contributed by atoms with Crippen molar-refractivity contribution in [1.29, 1.82) is 0 Å². The predicted molar refractivity (Wildman–Crippen MR) is 43.0 cm³/mol. The van der Waals surface area contributed by atoms with E-state index in [-0.39, 0.29) is 0 Å². The maximum atomic E-state index is 8.27. The first-order valence-corrected chi connectivity index (χ1v) is 4.42. The van der Waals surface area contributed by atoms with Crippen LogP contribution in [0.1, 0.15) is 32.1 Å². The second kappa shape index (κ2) is 2.74. The Labute approximate surface area is 66.4 Å². The van der Waals surface area contributed by atoms with Crippen molar-refractivity contribution >= 4 is 0 Å². The molecule has 2 rings (SSSR count). The van der Waals surface area contributed by atoms with Gasteiger partial charge in [-0.1, -0.05) is 18.0 Å². The van der Waals surface area contributed by atoms with Crippen LogP contribution in [0.2, 0.25) is 0 Å². The molecule has 0 aromatic heterocycles. The van der Waals surface area contributed by atoms with Gasteiger partial charge in [0.2, 0.25) is 0 Å². The summed E-state index contributed by atoms with van der Waals surface area (Å²) in [5.41, 5.74) is 8.27. The highest BCUT2D eigenvalue weighted by atomic mass is 15.1. The molecule has 0 amide bonds. The molecule has 0 unspecified atom stereocenters. The van der Waals surface area contributed by atoms with Crippen molar-refractivity contribution in [2.75, 3.05) is 0 Å². The van der Waals surface area contributed by atoms with Crippen LogP contribution in [0.15, 0.2) is 5.11 Å². The van der Waals surface area contributed by atoms with E-state index in [2.05, 4.69) is 10.0 Å². The van der Waals surface area contributed by atoms with Crippen LogP contribution in [-0.4, -0.2) is 6.04 Å². The Morgan fingerprint density at radius 1 is 1.09 bits per heavy atom. The highest BCUT2D eigenvalue weighted by Gasteiger charge is 2.33. The van der Waals surface area contributed by atoms with Gasteiger partial charge in [0, 0.05) is 11.0 Å². The van der Waals surface area contributed by atoms with E-state index in [9.17, 15) is 0 Å². The van der Waals surface area contributed by atoms with Gasteiger partial charge in [0.05, 0.1) is 0 Å². The lowest BCUT2D eigenvalue weighted by Crippen LogP contribution is -2.17. The van der Waals surface area contributed by atoms with Gasteiger partial charge in [-0.2, -0.15) is 0 Å². The van der Waals surface area contributed by atoms with Crippen molar-refractivity contribution in [3.05, 3.63) is 10.4 Å². The molecule has 0 radical (unpaired) electrons. The van der Waals surface area contributed by atoms with Gasteiger partial charge in [-0.3, -0.25) is 0 Å². The van der Waals surface area contributed by atoms with Crippen molar-refractivity contribution in [3.63, 3.8) is 0 Å². The average Bonchev–Trinajstić information content (AvgIpc) is 2.32. The second-order valence-electron chi connectivity index (χ2n) is 3.88. The second-order valence-corrected chi connectivity index (χ2v) is 3.88. The number of hydrogen-bond donors (Lipinski definition) is 0. The fraction of sp³-hybridized carbons (Fsp3) is 1.00. The van der Waals surface area contributed by atoms with E-state index < -0.39 is 0 Å². The summed E-state index contributed by atoms with van der Waals surface area (Å²) in [7, 11) is 0. The molecule has 11 heavy (non-hydrogen) atoms. The van der Waals surface area contributed by atoms with Gasteiger partial charge in [0.25, 0.3) is 0 Å². The molecule has 2 bridgehead atoms. The lowest BCUT2D eigenvalue weighted by molar-refractivity contribution is 0.320. The summed E-state index contributed by atoms with van der Waals surface area (Å²) in [4.78, 5) is 2.88. The molecule has 60 valence electrons. The zero-order valence-corrected chi connectivity index (χ0v) is 6.61. The zero-order valence-electron chi connectivity index (χ0n) is 6.61. The summed E-state index contributed by atoms with van der Waals surface area (Å²) in [6.07, 6.45) is 6.46. The lowest BCUT2D eigenvalue weighted by Gasteiger charge is -2.23. The van der Waals surface area contributed by atoms with Crippen molar-refractivity contribution in [3.8, 4) is 0 Å². The van der Waals surface area contributed by atoms with Gasteiger partial charge in [0.15, 0.2) is 0 Å². The predicted octanol–water partition coefficient (Wildman–Crippen LogP) is 2.88. The SMILES string of the molecule is [N-]=[N+]=N[C@H]1C[C@@H]2CC[C@@H](C2)C1. The minimum atomic E-state index is 0.325. The Bertz CT molecular complexity index is 184. The molecular weight excluding hydrogens is 138 g/mol. The monoisotopic (exact) mass is 151 g/mol. The molecule has 2 aliphatic carbocycles. The molecule has 0 saturated heterocycles. The number of azide groups is 1. The molecule has 0 aliphatic heterocycles. The van der Waals surface area contributed by atoms with E-state index in [4.69, 9.17) is 5.53 Å². The van der Waals surface area contributed by atoms with Crippen molar-refractivity contribution in [1.82, 2.24) is 0 Å². The fourth-order valence-corrected chi connectivity index (χ4v) is 2.64. The lowest BCUT2D eigenvalue weighted by atomic mass is 9.86. The molecule has 3 atom stereocenters. The maximum Gasteiger partial charge on any atom is 0.0379 e. The van der Waals surface area contributed by atoms with E-state index in [1.54, 1.807) is 0 Å². The highest BCUT2D eigenvalue weighted by molar-refractivity contribution is 4.88. The van der Waals surface area contributed by atoms with Crippen LogP contribution in [0, 0.1) is 11.8 Å². The zero-order chi connectivity index (χ0) is 7.68. The van der Waals surface area contributed by atoms with Crippen molar-refractivity contribution in [2.45, 2.75) is 38.1 Å². The summed E-state index contributed by atoms with van der Waals surface area (Å²) < 4.78 is 0. The molecule has 2 aliphatic rings. The third kappa shape index (κ3) is 1.33. The molecule has 0 aromatic rings. The maximum absolute atomic E-state index is 8.27. The van der Waals surface area contributed by atoms with E-state index in [1.165, 1.54) is 19.3 Å². The Kier molecular flexibility index (Phi) is 1.74. The quantitative estimate of drug-likeness (QED) is 0.314. The summed E-state index contributed by atoms with van der Waals surface area (Å²) >= 11 is 0.